The second-order valence-electron chi connectivity index (χ2n) is 6.54. The molecule has 1 aliphatic rings. The SMILES string of the molecule is C=C(CC)CC1CC(C)(C)CCC1CNCC. The van der Waals surface area contributed by atoms with Crippen molar-refractivity contribution in [1.29, 1.82) is 0 Å². The van der Waals surface area contributed by atoms with E-state index in [1.807, 2.05) is 0 Å². The molecule has 2 atom stereocenters. The van der Waals surface area contributed by atoms with Gasteiger partial charge in [-0.1, -0.05) is 39.8 Å². The molecule has 2 unspecified atom stereocenters. The monoisotopic (exact) mass is 237 g/mol. The first-order chi connectivity index (χ1) is 7.98. The van der Waals surface area contributed by atoms with Gasteiger partial charge in [-0.15, -0.1) is 0 Å². The highest BCUT2D eigenvalue weighted by Gasteiger charge is 2.34. The average molecular weight is 237 g/mol. The van der Waals surface area contributed by atoms with Crippen LogP contribution in [0.25, 0.3) is 0 Å². The molecule has 0 bridgehead atoms. The molecule has 0 heterocycles. The first kappa shape index (κ1) is 14.8. The van der Waals surface area contributed by atoms with E-state index >= 15 is 0 Å². The van der Waals surface area contributed by atoms with Crippen molar-refractivity contribution in [1.82, 2.24) is 5.32 Å². The smallest absolute Gasteiger partial charge is 0.00179 e. The van der Waals surface area contributed by atoms with Gasteiger partial charge in [-0.05, 0) is 62.4 Å². The van der Waals surface area contributed by atoms with E-state index in [1.165, 1.54) is 37.8 Å². The van der Waals surface area contributed by atoms with Crippen molar-refractivity contribution in [2.75, 3.05) is 13.1 Å². The lowest BCUT2D eigenvalue weighted by atomic mass is 9.65. The Kier molecular flexibility index (Phi) is 5.72. The van der Waals surface area contributed by atoms with Crippen molar-refractivity contribution in [2.45, 2.75) is 59.8 Å². The van der Waals surface area contributed by atoms with Crippen LogP contribution in [0, 0.1) is 17.3 Å². The fraction of sp³-hybridized carbons (Fsp3) is 0.875. The van der Waals surface area contributed by atoms with E-state index in [9.17, 15) is 0 Å². The van der Waals surface area contributed by atoms with Crippen molar-refractivity contribution in [3.05, 3.63) is 12.2 Å². The fourth-order valence-corrected chi connectivity index (χ4v) is 3.14. The summed E-state index contributed by atoms with van der Waals surface area (Å²) in [5, 5.41) is 3.54. The third-order valence-corrected chi connectivity index (χ3v) is 4.38. The second-order valence-corrected chi connectivity index (χ2v) is 6.54. The molecule has 0 radical (unpaired) electrons. The molecule has 100 valence electrons. The summed E-state index contributed by atoms with van der Waals surface area (Å²) in [6, 6.07) is 0. The summed E-state index contributed by atoms with van der Waals surface area (Å²) in [5.41, 5.74) is 1.98. The lowest BCUT2D eigenvalue weighted by Gasteiger charge is -2.41. The Morgan fingerprint density at radius 1 is 1.29 bits per heavy atom. The maximum absolute atomic E-state index is 4.21. The Morgan fingerprint density at radius 2 is 2.00 bits per heavy atom. The number of hydrogen-bond acceptors (Lipinski definition) is 1. The number of allylic oxidation sites excluding steroid dienone is 1. The lowest BCUT2D eigenvalue weighted by molar-refractivity contribution is 0.116. The molecule has 1 N–H and O–H groups in total. The van der Waals surface area contributed by atoms with E-state index in [4.69, 9.17) is 0 Å². The van der Waals surface area contributed by atoms with Gasteiger partial charge in [0.15, 0.2) is 0 Å². The number of rotatable bonds is 6. The van der Waals surface area contributed by atoms with Gasteiger partial charge in [-0.25, -0.2) is 0 Å². The van der Waals surface area contributed by atoms with Gasteiger partial charge < -0.3 is 5.32 Å². The topological polar surface area (TPSA) is 12.0 Å². The lowest BCUT2D eigenvalue weighted by Crippen LogP contribution is -2.36. The van der Waals surface area contributed by atoms with Gasteiger partial charge >= 0.3 is 0 Å². The Hall–Kier alpha value is -0.300. The van der Waals surface area contributed by atoms with Crippen LogP contribution in [0.4, 0.5) is 0 Å². The highest BCUT2D eigenvalue weighted by Crippen LogP contribution is 2.44. The quantitative estimate of drug-likeness (QED) is 0.675. The second kappa shape index (κ2) is 6.58. The van der Waals surface area contributed by atoms with Crippen LogP contribution in [0.1, 0.15) is 59.8 Å². The molecule has 0 spiro atoms. The van der Waals surface area contributed by atoms with Gasteiger partial charge in [0, 0.05) is 0 Å². The predicted molar refractivity (Wildman–Crippen MR) is 77.2 cm³/mol. The molecule has 0 aromatic rings. The summed E-state index contributed by atoms with van der Waals surface area (Å²) >= 11 is 0. The minimum Gasteiger partial charge on any atom is -0.317 e. The van der Waals surface area contributed by atoms with Crippen molar-refractivity contribution in [3.8, 4) is 0 Å². The van der Waals surface area contributed by atoms with Crippen LogP contribution >= 0.6 is 0 Å². The highest BCUT2D eigenvalue weighted by atomic mass is 14.8. The zero-order valence-corrected chi connectivity index (χ0v) is 12.3. The van der Waals surface area contributed by atoms with Crippen LogP contribution in [0.2, 0.25) is 0 Å². The standard InChI is InChI=1S/C16H31N/c1-6-13(3)10-15-11-16(4,5)9-8-14(15)12-17-7-2/h14-15,17H,3,6-12H2,1-2,4-5H3. The molecule has 0 amide bonds. The van der Waals surface area contributed by atoms with Crippen LogP contribution < -0.4 is 5.32 Å². The third-order valence-electron chi connectivity index (χ3n) is 4.38. The molecule has 1 rings (SSSR count). The van der Waals surface area contributed by atoms with Gasteiger partial charge in [0.1, 0.15) is 0 Å². The van der Waals surface area contributed by atoms with Gasteiger partial charge in [0.25, 0.3) is 0 Å². The summed E-state index contributed by atoms with van der Waals surface area (Å²) < 4.78 is 0. The number of nitrogens with one attached hydrogen (secondary N) is 1. The van der Waals surface area contributed by atoms with Crippen LogP contribution in [0.3, 0.4) is 0 Å². The van der Waals surface area contributed by atoms with Gasteiger partial charge in [-0.2, -0.15) is 0 Å². The fourth-order valence-electron chi connectivity index (χ4n) is 3.14. The maximum Gasteiger partial charge on any atom is -0.00179 e. The van der Waals surface area contributed by atoms with Gasteiger partial charge in [0.2, 0.25) is 0 Å². The van der Waals surface area contributed by atoms with E-state index in [2.05, 4.69) is 39.6 Å². The van der Waals surface area contributed by atoms with Crippen LogP contribution in [0.15, 0.2) is 12.2 Å². The minimum atomic E-state index is 0.543. The van der Waals surface area contributed by atoms with Crippen LogP contribution in [-0.4, -0.2) is 13.1 Å². The van der Waals surface area contributed by atoms with Crippen molar-refractivity contribution < 1.29 is 0 Å². The average Bonchev–Trinajstić information content (AvgIpc) is 2.27. The van der Waals surface area contributed by atoms with E-state index in [1.54, 1.807) is 0 Å². The minimum absolute atomic E-state index is 0.543. The van der Waals surface area contributed by atoms with Crippen LogP contribution in [0.5, 0.6) is 0 Å². The van der Waals surface area contributed by atoms with Crippen LogP contribution in [-0.2, 0) is 0 Å². The van der Waals surface area contributed by atoms with E-state index in [0.29, 0.717) is 5.41 Å². The molecule has 1 nitrogen and oxygen atoms in total. The van der Waals surface area contributed by atoms with E-state index in [-0.39, 0.29) is 0 Å². The molecule has 0 saturated heterocycles. The van der Waals surface area contributed by atoms with E-state index in [0.717, 1.165) is 24.8 Å². The normalized spacial score (nSPS) is 28.0. The summed E-state index contributed by atoms with van der Waals surface area (Å²) in [6.45, 7) is 15.8. The molecule has 0 aromatic heterocycles. The van der Waals surface area contributed by atoms with Gasteiger partial charge in [-0.3, -0.25) is 0 Å². The molecule has 0 aromatic carbocycles. The third kappa shape index (κ3) is 4.83. The molecule has 1 saturated carbocycles. The molecular weight excluding hydrogens is 206 g/mol. The first-order valence-electron chi connectivity index (χ1n) is 7.36. The molecule has 1 aliphatic carbocycles. The van der Waals surface area contributed by atoms with E-state index < -0.39 is 0 Å². The predicted octanol–water partition coefficient (Wildman–Crippen LogP) is 4.39. The molecule has 1 fully saturated rings. The first-order valence-corrected chi connectivity index (χ1v) is 7.36. The Morgan fingerprint density at radius 3 is 2.59 bits per heavy atom. The Balaban J connectivity index is 2.58. The molecule has 17 heavy (non-hydrogen) atoms. The van der Waals surface area contributed by atoms with Crippen molar-refractivity contribution >= 4 is 0 Å². The molecule has 0 aliphatic heterocycles. The maximum atomic E-state index is 4.21. The Labute approximate surface area is 108 Å². The summed E-state index contributed by atoms with van der Waals surface area (Å²) in [4.78, 5) is 0. The largest absolute Gasteiger partial charge is 0.317 e. The molecule has 1 heteroatoms. The highest BCUT2D eigenvalue weighted by molar-refractivity contribution is 4.98. The molecular formula is C16H31N. The van der Waals surface area contributed by atoms with Crippen molar-refractivity contribution in [3.63, 3.8) is 0 Å². The zero-order chi connectivity index (χ0) is 12.9. The van der Waals surface area contributed by atoms with Crippen molar-refractivity contribution in [2.24, 2.45) is 17.3 Å². The zero-order valence-electron chi connectivity index (χ0n) is 12.3. The van der Waals surface area contributed by atoms with Gasteiger partial charge in [0.05, 0.1) is 0 Å². The number of hydrogen-bond donors (Lipinski definition) is 1. The summed E-state index contributed by atoms with van der Waals surface area (Å²) in [6.07, 6.45) is 6.54. The summed E-state index contributed by atoms with van der Waals surface area (Å²) in [7, 11) is 0. The summed E-state index contributed by atoms with van der Waals surface area (Å²) in [5.74, 6) is 1.72. The Bertz CT molecular complexity index is 242.